The molecule has 0 spiro atoms. The maximum Gasteiger partial charge on any atom is 0.344 e. The number of hydrogen-bond acceptors (Lipinski definition) is 7. The van der Waals surface area contributed by atoms with Crippen molar-refractivity contribution >= 4 is 11.0 Å². The Kier molecular flexibility index (Phi) is 6.33. The van der Waals surface area contributed by atoms with Crippen molar-refractivity contribution in [3.8, 4) is 34.1 Å². The van der Waals surface area contributed by atoms with Gasteiger partial charge in [-0.2, -0.15) is 0 Å². The summed E-state index contributed by atoms with van der Waals surface area (Å²) in [4.78, 5) is 15.2. The molecule has 0 atom stereocenters. The first-order chi connectivity index (χ1) is 17.1. The van der Waals surface area contributed by atoms with Crippen molar-refractivity contribution in [3.63, 3.8) is 0 Å². The number of rotatable bonds is 7. The molecule has 1 aromatic heterocycles. The van der Waals surface area contributed by atoms with Crippen LogP contribution in [0, 0.1) is 0 Å². The minimum atomic E-state index is -0.409. The van der Waals surface area contributed by atoms with Gasteiger partial charge in [-0.1, -0.05) is 18.2 Å². The summed E-state index contributed by atoms with van der Waals surface area (Å²) in [6.45, 7) is 1.94. The van der Waals surface area contributed by atoms with Crippen LogP contribution in [0.25, 0.3) is 22.1 Å². The zero-order valence-electron chi connectivity index (χ0n) is 20.0. The highest BCUT2D eigenvalue weighted by Crippen LogP contribution is 2.35. The van der Waals surface area contributed by atoms with Crippen molar-refractivity contribution in [2.45, 2.75) is 13.0 Å². The lowest BCUT2D eigenvalue weighted by molar-refractivity contribution is 0.0968. The molecule has 0 bridgehead atoms. The normalized spacial score (nSPS) is 13.2. The summed E-state index contributed by atoms with van der Waals surface area (Å²) in [5, 5.41) is 0.841. The largest absolute Gasteiger partial charge is 0.497 e. The molecule has 2 heterocycles. The van der Waals surface area contributed by atoms with E-state index in [1.54, 1.807) is 33.5 Å². The maximum absolute atomic E-state index is 13.0. The van der Waals surface area contributed by atoms with Gasteiger partial charge in [0.15, 0.2) is 11.5 Å². The molecular formula is C28H27NO6. The predicted octanol–water partition coefficient (Wildman–Crippen LogP) is 4.88. The molecule has 7 heteroatoms. The van der Waals surface area contributed by atoms with Gasteiger partial charge in [0.25, 0.3) is 0 Å². The molecule has 0 saturated heterocycles. The maximum atomic E-state index is 13.0. The molecule has 4 aromatic rings. The number of benzene rings is 3. The Balaban J connectivity index is 1.41. The van der Waals surface area contributed by atoms with Crippen molar-refractivity contribution in [1.29, 1.82) is 0 Å². The summed E-state index contributed by atoms with van der Waals surface area (Å²) in [5.41, 5.74) is 3.43. The molecule has 180 valence electrons. The SMILES string of the molecule is COc1ccc(CCN2COc3ccc4cc(-c5ccc(OC)c(OC)c5)c(=O)oc4c3C2)cc1. The number of fused-ring (bicyclic) bond motifs is 3. The van der Waals surface area contributed by atoms with Gasteiger partial charge in [0, 0.05) is 18.5 Å². The summed E-state index contributed by atoms with van der Waals surface area (Å²) >= 11 is 0. The van der Waals surface area contributed by atoms with E-state index in [9.17, 15) is 4.79 Å². The van der Waals surface area contributed by atoms with Gasteiger partial charge in [0.05, 0.1) is 32.5 Å². The van der Waals surface area contributed by atoms with Gasteiger partial charge < -0.3 is 23.4 Å². The molecule has 35 heavy (non-hydrogen) atoms. The Morgan fingerprint density at radius 3 is 2.43 bits per heavy atom. The average Bonchev–Trinajstić information content (AvgIpc) is 2.91. The molecule has 0 saturated carbocycles. The molecule has 0 unspecified atom stereocenters. The number of nitrogens with zero attached hydrogens (tertiary/aromatic N) is 1. The molecule has 0 fully saturated rings. The first kappa shape index (κ1) is 22.8. The van der Waals surface area contributed by atoms with Gasteiger partial charge in [-0.05, 0) is 60.0 Å². The highest BCUT2D eigenvalue weighted by atomic mass is 16.5. The molecular weight excluding hydrogens is 446 g/mol. The average molecular weight is 474 g/mol. The predicted molar refractivity (Wildman–Crippen MR) is 134 cm³/mol. The lowest BCUT2D eigenvalue weighted by Crippen LogP contribution is -2.33. The van der Waals surface area contributed by atoms with Crippen LogP contribution in [0.3, 0.4) is 0 Å². The van der Waals surface area contributed by atoms with E-state index in [1.807, 2.05) is 36.4 Å². The van der Waals surface area contributed by atoms with Gasteiger partial charge in [-0.25, -0.2) is 4.79 Å². The monoisotopic (exact) mass is 473 g/mol. The Morgan fingerprint density at radius 2 is 1.69 bits per heavy atom. The number of hydrogen-bond donors (Lipinski definition) is 0. The lowest BCUT2D eigenvalue weighted by atomic mass is 10.0. The van der Waals surface area contributed by atoms with E-state index in [2.05, 4.69) is 17.0 Å². The Hall–Kier alpha value is -3.97. The molecule has 0 amide bonds. The van der Waals surface area contributed by atoms with E-state index in [-0.39, 0.29) is 0 Å². The van der Waals surface area contributed by atoms with Crippen LogP contribution in [0.5, 0.6) is 23.0 Å². The van der Waals surface area contributed by atoms with Crippen molar-refractivity contribution in [2.75, 3.05) is 34.6 Å². The molecule has 1 aliphatic heterocycles. The summed E-state index contributed by atoms with van der Waals surface area (Å²) in [6, 6.07) is 19.2. The number of methoxy groups -OCH3 is 3. The van der Waals surface area contributed by atoms with E-state index >= 15 is 0 Å². The second-order valence-corrected chi connectivity index (χ2v) is 8.40. The van der Waals surface area contributed by atoms with Crippen LogP contribution in [-0.2, 0) is 13.0 Å². The minimum Gasteiger partial charge on any atom is -0.497 e. The van der Waals surface area contributed by atoms with Crippen LogP contribution in [0.4, 0.5) is 0 Å². The fraction of sp³-hybridized carbons (Fsp3) is 0.250. The third-order valence-corrected chi connectivity index (χ3v) is 6.32. The third kappa shape index (κ3) is 4.55. The summed E-state index contributed by atoms with van der Waals surface area (Å²) in [6.07, 6.45) is 0.876. The summed E-state index contributed by atoms with van der Waals surface area (Å²) in [5.74, 6) is 2.75. The number of ether oxygens (including phenoxy) is 4. The summed E-state index contributed by atoms with van der Waals surface area (Å²) in [7, 11) is 4.81. The molecule has 0 N–H and O–H groups in total. The molecule has 3 aromatic carbocycles. The first-order valence-electron chi connectivity index (χ1n) is 11.4. The fourth-order valence-electron chi connectivity index (χ4n) is 4.37. The van der Waals surface area contributed by atoms with Gasteiger partial charge >= 0.3 is 5.63 Å². The smallest absolute Gasteiger partial charge is 0.344 e. The van der Waals surface area contributed by atoms with Crippen LogP contribution in [0.2, 0.25) is 0 Å². The molecule has 5 rings (SSSR count). The fourth-order valence-corrected chi connectivity index (χ4v) is 4.37. The first-order valence-corrected chi connectivity index (χ1v) is 11.4. The minimum absolute atomic E-state index is 0.409. The zero-order valence-corrected chi connectivity index (χ0v) is 20.0. The van der Waals surface area contributed by atoms with Gasteiger partial charge in [0.2, 0.25) is 0 Å². The topological polar surface area (TPSA) is 70.4 Å². The van der Waals surface area contributed by atoms with E-state index in [0.717, 1.165) is 35.4 Å². The highest BCUT2D eigenvalue weighted by molar-refractivity contribution is 5.86. The Labute approximate surface area is 203 Å². The zero-order chi connectivity index (χ0) is 24.4. The highest BCUT2D eigenvalue weighted by Gasteiger charge is 2.22. The molecule has 7 nitrogen and oxygen atoms in total. The van der Waals surface area contributed by atoms with E-state index in [1.165, 1.54) is 5.56 Å². The molecule has 0 radical (unpaired) electrons. The van der Waals surface area contributed by atoms with Gasteiger partial charge in [0.1, 0.15) is 23.8 Å². The second-order valence-electron chi connectivity index (χ2n) is 8.40. The molecule has 0 aliphatic carbocycles. The van der Waals surface area contributed by atoms with Gasteiger partial charge in [-0.15, -0.1) is 0 Å². The van der Waals surface area contributed by atoms with E-state index in [0.29, 0.717) is 41.5 Å². The van der Waals surface area contributed by atoms with Crippen LogP contribution in [-0.4, -0.2) is 39.5 Å². The molecule has 1 aliphatic rings. The van der Waals surface area contributed by atoms with Crippen LogP contribution < -0.4 is 24.6 Å². The van der Waals surface area contributed by atoms with Crippen molar-refractivity contribution < 1.29 is 23.4 Å². The van der Waals surface area contributed by atoms with Crippen molar-refractivity contribution in [3.05, 3.63) is 82.2 Å². The standard InChI is InChI=1S/C28H27NO6/c1-31-21-8-4-18(5-9-21)12-13-29-16-23-24(34-17-29)10-7-20-14-22(28(30)35-27(20)23)19-6-11-25(32-2)26(15-19)33-3/h4-11,14-15H,12-13,16-17H2,1-3H3. The summed E-state index contributed by atoms with van der Waals surface area (Å²) < 4.78 is 27.8. The van der Waals surface area contributed by atoms with Crippen LogP contribution >= 0.6 is 0 Å². The van der Waals surface area contributed by atoms with Crippen LogP contribution in [0.1, 0.15) is 11.1 Å². The van der Waals surface area contributed by atoms with Crippen molar-refractivity contribution in [1.82, 2.24) is 4.90 Å². The second kappa shape index (κ2) is 9.72. The Morgan fingerprint density at radius 1 is 0.886 bits per heavy atom. The third-order valence-electron chi connectivity index (χ3n) is 6.32. The lowest BCUT2D eigenvalue weighted by Gasteiger charge is -2.29. The Bertz CT molecular complexity index is 1410. The van der Waals surface area contributed by atoms with E-state index < -0.39 is 5.63 Å². The quantitative estimate of drug-likeness (QED) is 0.354. The van der Waals surface area contributed by atoms with Crippen molar-refractivity contribution in [2.24, 2.45) is 0 Å². The van der Waals surface area contributed by atoms with E-state index in [4.69, 9.17) is 23.4 Å². The van der Waals surface area contributed by atoms with Gasteiger partial charge in [-0.3, -0.25) is 4.90 Å². The van der Waals surface area contributed by atoms with Crippen LogP contribution in [0.15, 0.2) is 69.9 Å².